The van der Waals surface area contributed by atoms with Crippen LogP contribution in [0, 0.1) is 12.8 Å². The Hall–Kier alpha value is -1.77. The van der Waals surface area contributed by atoms with Crippen LogP contribution in [-0.2, 0) is 4.79 Å². The maximum atomic E-state index is 12.3. The van der Waals surface area contributed by atoms with Gasteiger partial charge in [-0.3, -0.25) is 4.79 Å². The number of hydrogen-bond acceptors (Lipinski definition) is 2. The van der Waals surface area contributed by atoms with E-state index >= 15 is 0 Å². The summed E-state index contributed by atoms with van der Waals surface area (Å²) in [5.41, 5.74) is 3.49. The molecule has 1 N–H and O–H groups in total. The van der Waals surface area contributed by atoms with Crippen molar-refractivity contribution in [1.82, 2.24) is 0 Å². The summed E-state index contributed by atoms with van der Waals surface area (Å²) >= 11 is 0. The van der Waals surface area contributed by atoms with Crippen molar-refractivity contribution in [3.8, 4) is 0 Å². The first-order chi connectivity index (χ1) is 10.2. The van der Waals surface area contributed by atoms with Gasteiger partial charge >= 0.3 is 0 Å². The number of rotatable bonds is 3. The Morgan fingerprint density at radius 3 is 2.71 bits per heavy atom. The van der Waals surface area contributed by atoms with Gasteiger partial charge in [-0.25, -0.2) is 0 Å². The van der Waals surface area contributed by atoms with E-state index in [0.717, 1.165) is 38.0 Å². The Kier molecular flexibility index (Phi) is 4.28. The Morgan fingerprint density at radius 1 is 1.24 bits per heavy atom. The Bertz CT molecular complexity index is 544. The molecule has 3 heteroatoms. The molecule has 0 aromatic heterocycles. The SMILES string of the molecule is Cc1cc(NC(=O)C2CC=CCC2)ccc1N1CCCC1. The van der Waals surface area contributed by atoms with E-state index < -0.39 is 0 Å². The van der Waals surface area contributed by atoms with E-state index in [-0.39, 0.29) is 11.8 Å². The van der Waals surface area contributed by atoms with E-state index in [4.69, 9.17) is 0 Å². The molecule has 1 heterocycles. The molecule has 0 spiro atoms. The predicted octanol–water partition coefficient (Wildman–Crippen LogP) is 3.89. The van der Waals surface area contributed by atoms with Gasteiger partial charge in [-0.15, -0.1) is 0 Å². The van der Waals surface area contributed by atoms with E-state index in [1.165, 1.54) is 24.1 Å². The molecule has 21 heavy (non-hydrogen) atoms. The third-order valence-corrected chi connectivity index (χ3v) is 4.55. The molecule has 1 aliphatic heterocycles. The van der Waals surface area contributed by atoms with Gasteiger partial charge in [0.1, 0.15) is 0 Å². The number of hydrogen-bond donors (Lipinski definition) is 1. The summed E-state index contributed by atoms with van der Waals surface area (Å²) in [7, 11) is 0. The maximum Gasteiger partial charge on any atom is 0.227 e. The molecule has 3 nitrogen and oxygen atoms in total. The fraction of sp³-hybridized carbons (Fsp3) is 0.500. The molecule has 1 aliphatic carbocycles. The first-order valence-electron chi connectivity index (χ1n) is 8.05. The van der Waals surface area contributed by atoms with Gasteiger partial charge in [-0.1, -0.05) is 12.2 Å². The summed E-state index contributed by atoms with van der Waals surface area (Å²) < 4.78 is 0. The molecule has 1 unspecified atom stereocenters. The van der Waals surface area contributed by atoms with Gasteiger partial charge in [-0.2, -0.15) is 0 Å². The fourth-order valence-electron chi connectivity index (χ4n) is 3.32. The number of carbonyl (C=O) groups excluding carboxylic acids is 1. The van der Waals surface area contributed by atoms with Crippen molar-refractivity contribution in [3.63, 3.8) is 0 Å². The number of anilines is 2. The van der Waals surface area contributed by atoms with Crippen molar-refractivity contribution in [2.24, 2.45) is 5.92 Å². The van der Waals surface area contributed by atoms with Crippen LogP contribution in [0.4, 0.5) is 11.4 Å². The van der Waals surface area contributed by atoms with Crippen LogP contribution in [0.2, 0.25) is 0 Å². The zero-order chi connectivity index (χ0) is 14.7. The minimum atomic E-state index is 0.133. The Labute approximate surface area is 127 Å². The first kappa shape index (κ1) is 14.2. The Balaban J connectivity index is 1.67. The number of nitrogens with one attached hydrogen (secondary N) is 1. The zero-order valence-electron chi connectivity index (χ0n) is 12.8. The van der Waals surface area contributed by atoms with Crippen LogP contribution >= 0.6 is 0 Å². The van der Waals surface area contributed by atoms with Gasteiger partial charge in [0.2, 0.25) is 5.91 Å². The molecule has 3 rings (SSSR count). The lowest BCUT2D eigenvalue weighted by molar-refractivity contribution is -0.120. The van der Waals surface area contributed by atoms with Crippen molar-refractivity contribution in [1.29, 1.82) is 0 Å². The zero-order valence-corrected chi connectivity index (χ0v) is 12.8. The molecule has 112 valence electrons. The highest BCUT2D eigenvalue weighted by Crippen LogP contribution is 2.27. The van der Waals surface area contributed by atoms with Crippen LogP contribution in [0.5, 0.6) is 0 Å². The molecule has 1 aromatic carbocycles. The number of amides is 1. The maximum absolute atomic E-state index is 12.3. The van der Waals surface area contributed by atoms with Gasteiger partial charge in [0.05, 0.1) is 0 Å². The van der Waals surface area contributed by atoms with Gasteiger partial charge in [0.25, 0.3) is 0 Å². The van der Waals surface area contributed by atoms with Crippen molar-refractivity contribution in [3.05, 3.63) is 35.9 Å². The quantitative estimate of drug-likeness (QED) is 0.854. The van der Waals surface area contributed by atoms with Crippen LogP contribution in [0.3, 0.4) is 0 Å². The van der Waals surface area contributed by atoms with Gasteiger partial charge in [0.15, 0.2) is 0 Å². The molecule has 0 radical (unpaired) electrons. The number of aryl methyl sites for hydroxylation is 1. The van der Waals surface area contributed by atoms with E-state index in [1.54, 1.807) is 0 Å². The molecule has 2 aliphatic rings. The minimum Gasteiger partial charge on any atom is -0.371 e. The van der Waals surface area contributed by atoms with Crippen molar-refractivity contribution in [2.75, 3.05) is 23.3 Å². The van der Waals surface area contributed by atoms with Crippen LogP contribution in [-0.4, -0.2) is 19.0 Å². The minimum absolute atomic E-state index is 0.133. The average molecular weight is 284 g/mol. The second-order valence-electron chi connectivity index (χ2n) is 6.17. The second kappa shape index (κ2) is 6.33. The fourth-order valence-corrected chi connectivity index (χ4v) is 3.32. The first-order valence-corrected chi connectivity index (χ1v) is 8.05. The summed E-state index contributed by atoms with van der Waals surface area (Å²) in [6, 6.07) is 6.29. The summed E-state index contributed by atoms with van der Waals surface area (Å²) in [6.45, 7) is 4.44. The molecule has 0 bridgehead atoms. The van der Waals surface area contributed by atoms with Gasteiger partial charge in [-0.05, 0) is 62.8 Å². The van der Waals surface area contributed by atoms with Gasteiger partial charge in [0, 0.05) is 30.4 Å². The smallest absolute Gasteiger partial charge is 0.227 e. The van der Waals surface area contributed by atoms with Crippen molar-refractivity contribution < 1.29 is 4.79 Å². The summed E-state index contributed by atoms with van der Waals surface area (Å²) in [4.78, 5) is 14.7. The van der Waals surface area contributed by atoms with E-state index in [2.05, 4.69) is 41.4 Å². The van der Waals surface area contributed by atoms with E-state index in [9.17, 15) is 4.79 Å². The third-order valence-electron chi connectivity index (χ3n) is 4.55. The molecule has 1 saturated heterocycles. The summed E-state index contributed by atoms with van der Waals surface area (Å²) in [5.74, 6) is 0.293. The predicted molar refractivity (Wildman–Crippen MR) is 87.7 cm³/mol. The van der Waals surface area contributed by atoms with Crippen LogP contribution in [0.15, 0.2) is 30.4 Å². The standard InChI is InChI=1S/C18H24N2O/c1-14-13-16(9-10-17(14)20-11-5-6-12-20)19-18(21)15-7-3-2-4-8-15/h2-3,9-10,13,15H,4-8,11-12H2,1H3,(H,19,21). The van der Waals surface area contributed by atoms with Gasteiger partial charge < -0.3 is 10.2 Å². The molecule has 0 saturated carbocycles. The number of carbonyl (C=O) groups is 1. The Morgan fingerprint density at radius 2 is 2.05 bits per heavy atom. The van der Waals surface area contributed by atoms with Crippen LogP contribution in [0.25, 0.3) is 0 Å². The molecule has 1 amide bonds. The van der Waals surface area contributed by atoms with E-state index in [1.807, 2.05) is 6.07 Å². The highest BCUT2D eigenvalue weighted by molar-refractivity contribution is 5.93. The molecular weight excluding hydrogens is 260 g/mol. The monoisotopic (exact) mass is 284 g/mol. The third kappa shape index (κ3) is 3.29. The number of allylic oxidation sites excluding steroid dienone is 2. The molecular formula is C18H24N2O. The second-order valence-corrected chi connectivity index (χ2v) is 6.17. The molecule has 1 atom stereocenters. The summed E-state index contributed by atoms with van der Waals surface area (Å²) in [5, 5.41) is 3.08. The van der Waals surface area contributed by atoms with Crippen LogP contribution < -0.4 is 10.2 Å². The normalized spacial score (nSPS) is 21.6. The van der Waals surface area contributed by atoms with Crippen molar-refractivity contribution >= 4 is 17.3 Å². The molecule has 1 aromatic rings. The van der Waals surface area contributed by atoms with Crippen LogP contribution in [0.1, 0.15) is 37.7 Å². The van der Waals surface area contributed by atoms with Crippen molar-refractivity contribution in [2.45, 2.75) is 39.0 Å². The lowest BCUT2D eigenvalue weighted by Crippen LogP contribution is -2.24. The lowest BCUT2D eigenvalue weighted by atomic mass is 9.93. The number of benzene rings is 1. The largest absolute Gasteiger partial charge is 0.371 e. The number of nitrogens with zero attached hydrogens (tertiary/aromatic N) is 1. The topological polar surface area (TPSA) is 32.3 Å². The highest BCUT2D eigenvalue weighted by atomic mass is 16.1. The lowest BCUT2D eigenvalue weighted by Gasteiger charge is -2.21. The van der Waals surface area contributed by atoms with E-state index in [0.29, 0.717) is 0 Å². The average Bonchev–Trinajstić information content (AvgIpc) is 3.02. The highest BCUT2D eigenvalue weighted by Gasteiger charge is 2.19. The summed E-state index contributed by atoms with van der Waals surface area (Å²) in [6.07, 6.45) is 9.71. The molecule has 1 fully saturated rings.